The van der Waals surface area contributed by atoms with Crippen molar-refractivity contribution in [2.24, 2.45) is 0 Å². The number of hydrogen-bond donors (Lipinski definition) is 2. The Morgan fingerprint density at radius 3 is 2.48 bits per heavy atom. The van der Waals surface area contributed by atoms with Crippen molar-refractivity contribution in [3.63, 3.8) is 0 Å². The van der Waals surface area contributed by atoms with E-state index in [4.69, 9.17) is 0 Å². The number of nitrogens with zero attached hydrogens (tertiary/aromatic N) is 3. The standard InChI is InChI=1S/C16H18N4O5/c1-10(16(23)24)20(8-7-17-11(2)21)15(22)13-5-3-12(4-6-13)14-18-9-25-19-14/h3-6,9-10H,7-8H2,1-2H3,(H,17,21)(H,23,24). The molecule has 0 saturated carbocycles. The third-order valence-corrected chi connectivity index (χ3v) is 3.56. The summed E-state index contributed by atoms with van der Waals surface area (Å²) in [4.78, 5) is 40.0. The molecule has 0 spiro atoms. The number of benzene rings is 1. The summed E-state index contributed by atoms with van der Waals surface area (Å²) in [6.07, 6.45) is 1.20. The highest BCUT2D eigenvalue weighted by atomic mass is 16.5. The van der Waals surface area contributed by atoms with E-state index in [-0.39, 0.29) is 19.0 Å². The minimum Gasteiger partial charge on any atom is -0.480 e. The van der Waals surface area contributed by atoms with Crippen LogP contribution in [0.25, 0.3) is 11.4 Å². The number of carbonyl (C=O) groups is 3. The topological polar surface area (TPSA) is 126 Å². The van der Waals surface area contributed by atoms with Crippen LogP contribution in [0.15, 0.2) is 35.2 Å². The van der Waals surface area contributed by atoms with Gasteiger partial charge in [0.15, 0.2) is 0 Å². The number of carboxylic acids is 1. The molecule has 0 aliphatic rings. The largest absolute Gasteiger partial charge is 0.480 e. The number of amides is 2. The van der Waals surface area contributed by atoms with E-state index in [0.29, 0.717) is 17.0 Å². The quantitative estimate of drug-likeness (QED) is 0.759. The van der Waals surface area contributed by atoms with Crippen LogP contribution in [-0.2, 0) is 9.59 Å². The van der Waals surface area contributed by atoms with Gasteiger partial charge in [0.25, 0.3) is 5.91 Å². The van der Waals surface area contributed by atoms with Gasteiger partial charge in [0.1, 0.15) is 6.04 Å². The molecule has 1 heterocycles. The Balaban J connectivity index is 2.16. The van der Waals surface area contributed by atoms with E-state index >= 15 is 0 Å². The van der Waals surface area contributed by atoms with E-state index in [0.717, 1.165) is 0 Å². The molecule has 1 atom stereocenters. The van der Waals surface area contributed by atoms with Crippen LogP contribution in [0.1, 0.15) is 24.2 Å². The SMILES string of the molecule is CC(=O)NCCN(C(=O)c1ccc(-c2ncon2)cc1)C(C)C(=O)O. The molecule has 0 bridgehead atoms. The molecule has 25 heavy (non-hydrogen) atoms. The number of carbonyl (C=O) groups excluding carboxylic acids is 2. The van der Waals surface area contributed by atoms with Crippen LogP contribution in [0.5, 0.6) is 0 Å². The Labute approximate surface area is 143 Å². The first-order valence-electron chi connectivity index (χ1n) is 7.55. The van der Waals surface area contributed by atoms with Gasteiger partial charge in [-0.05, 0) is 19.1 Å². The number of hydrogen-bond acceptors (Lipinski definition) is 6. The van der Waals surface area contributed by atoms with E-state index in [9.17, 15) is 19.5 Å². The lowest BCUT2D eigenvalue weighted by molar-refractivity contribution is -0.141. The monoisotopic (exact) mass is 346 g/mol. The lowest BCUT2D eigenvalue weighted by Gasteiger charge is -2.26. The maximum Gasteiger partial charge on any atom is 0.326 e. The smallest absolute Gasteiger partial charge is 0.326 e. The highest BCUT2D eigenvalue weighted by Gasteiger charge is 2.26. The average Bonchev–Trinajstić information content (AvgIpc) is 3.12. The van der Waals surface area contributed by atoms with E-state index in [1.165, 1.54) is 25.1 Å². The molecule has 1 aromatic carbocycles. The summed E-state index contributed by atoms with van der Waals surface area (Å²) in [6.45, 7) is 3.02. The number of carboxylic acid groups (broad SMARTS) is 1. The van der Waals surface area contributed by atoms with Crippen molar-refractivity contribution >= 4 is 17.8 Å². The van der Waals surface area contributed by atoms with Gasteiger partial charge in [-0.1, -0.05) is 17.3 Å². The Morgan fingerprint density at radius 2 is 1.96 bits per heavy atom. The predicted octanol–water partition coefficient (Wildman–Crippen LogP) is 0.788. The van der Waals surface area contributed by atoms with Gasteiger partial charge in [-0.3, -0.25) is 9.59 Å². The van der Waals surface area contributed by atoms with E-state index < -0.39 is 17.9 Å². The van der Waals surface area contributed by atoms with E-state index in [2.05, 4.69) is 20.0 Å². The first-order chi connectivity index (χ1) is 11.9. The summed E-state index contributed by atoms with van der Waals surface area (Å²) < 4.78 is 4.67. The maximum absolute atomic E-state index is 12.7. The second kappa shape index (κ2) is 8.04. The lowest BCUT2D eigenvalue weighted by Crippen LogP contribution is -2.46. The molecule has 0 aliphatic heterocycles. The first-order valence-corrected chi connectivity index (χ1v) is 7.55. The van der Waals surface area contributed by atoms with Crippen molar-refractivity contribution in [2.75, 3.05) is 13.1 Å². The van der Waals surface area contributed by atoms with Gasteiger partial charge in [0.05, 0.1) is 0 Å². The van der Waals surface area contributed by atoms with Gasteiger partial charge in [0, 0.05) is 31.1 Å². The van der Waals surface area contributed by atoms with Gasteiger partial charge >= 0.3 is 5.97 Å². The third kappa shape index (κ3) is 4.63. The van der Waals surface area contributed by atoms with Gasteiger partial charge in [-0.2, -0.15) is 4.98 Å². The number of rotatable bonds is 7. The molecule has 2 rings (SSSR count). The molecule has 2 aromatic rings. The van der Waals surface area contributed by atoms with Crippen molar-refractivity contribution in [3.05, 3.63) is 36.2 Å². The van der Waals surface area contributed by atoms with E-state index in [1.54, 1.807) is 24.3 Å². The molecule has 0 aliphatic carbocycles. The summed E-state index contributed by atoms with van der Waals surface area (Å²) >= 11 is 0. The minimum absolute atomic E-state index is 0.0818. The molecular formula is C16H18N4O5. The second-order valence-electron chi connectivity index (χ2n) is 5.33. The molecule has 2 N–H and O–H groups in total. The number of nitrogens with one attached hydrogen (secondary N) is 1. The summed E-state index contributed by atoms with van der Waals surface area (Å²) in [5.41, 5.74) is 0.990. The second-order valence-corrected chi connectivity index (χ2v) is 5.33. The highest BCUT2D eigenvalue weighted by Crippen LogP contribution is 2.17. The zero-order valence-corrected chi connectivity index (χ0v) is 13.8. The molecule has 1 aromatic heterocycles. The highest BCUT2D eigenvalue weighted by molar-refractivity contribution is 5.97. The Morgan fingerprint density at radius 1 is 1.28 bits per heavy atom. The van der Waals surface area contributed by atoms with Crippen LogP contribution < -0.4 is 5.32 Å². The fraction of sp³-hybridized carbons (Fsp3) is 0.312. The fourth-order valence-corrected chi connectivity index (χ4v) is 2.18. The predicted molar refractivity (Wildman–Crippen MR) is 86.6 cm³/mol. The van der Waals surface area contributed by atoms with Crippen LogP contribution in [0.3, 0.4) is 0 Å². The van der Waals surface area contributed by atoms with Gasteiger partial charge in [-0.15, -0.1) is 0 Å². The molecule has 0 fully saturated rings. The maximum atomic E-state index is 12.7. The summed E-state index contributed by atoms with van der Waals surface area (Å²) in [5.74, 6) is -1.43. The van der Waals surface area contributed by atoms with Crippen molar-refractivity contribution in [3.8, 4) is 11.4 Å². The fourth-order valence-electron chi connectivity index (χ4n) is 2.18. The zero-order chi connectivity index (χ0) is 18.4. The van der Waals surface area contributed by atoms with Crippen LogP contribution in [0.4, 0.5) is 0 Å². The Bertz CT molecular complexity index is 742. The zero-order valence-electron chi connectivity index (χ0n) is 13.8. The first kappa shape index (κ1) is 18.1. The molecule has 1 unspecified atom stereocenters. The van der Waals surface area contributed by atoms with Crippen LogP contribution in [-0.4, -0.2) is 57.1 Å². The van der Waals surface area contributed by atoms with Gasteiger partial charge in [-0.25, -0.2) is 4.79 Å². The minimum atomic E-state index is -1.13. The number of aromatic nitrogens is 2. The lowest BCUT2D eigenvalue weighted by atomic mass is 10.1. The van der Waals surface area contributed by atoms with E-state index in [1.807, 2.05) is 0 Å². The van der Waals surface area contributed by atoms with Crippen molar-refractivity contribution < 1.29 is 24.0 Å². The average molecular weight is 346 g/mol. The summed E-state index contributed by atoms with van der Waals surface area (Å²) in [6, 6.07) is 5.39. The molecule has 0 saturated heterocycles. The molecular weight excluding hydrogens is 328 g/mol. The number of aliphatic carboxylic acids is 1. The Hall–Kier alpha value is -3.23. The van der Waals surface area contributed by atoms with Crippen LogP contribution in [0, 0.1) is 0 Å². The normalized spacial score (nSPS) is 11.6. The third-order valence-electron chi connectivity index (χ3n) is 3.56. The molecule has 9 heteroatoms. The molecule has 0 radical (unpaired) electrons. The molecule has 2 amide bonds. The van der Waals surface area contributed by atoms with Crippen LogP contribution in [0.2, 0.25) is 0 Å². The van der Waals surface area contributed by atoms with Crippen molar-refractivity contribution in [1.82, 2.24) is 20.4 Å². The van der Waals surface area contributed by atoms with Gasteiger partial charge in [0.2, 0.25) is 18.1 Å². The van der Waals surface area contributed by atoms with Crippen LogP contribution >= 0.6 is 0 Å². The summed E-state index contributed by atoms with van der Waals surface area (Å²) in [5, 5.41) is 15.5. The Kier molecular flexibility index (Phi) is 5.83. The van der Waals surface area contributed by atoms with Gasteiger partial charge < -0.3 is 19.8 Å². The summed E-state index contributed by atoms with van der Waals surface area (Å²) in [7, 11) is 0. The molecule has 132 valence electrons. The van der Waals surface area contributed by atoms with Crippen molar-refractivity contribution in [2.45, 2.75) is 19.9 Å². The molecule has 9 nitrogen and oxygen atoms in total. The van der Waals surface area contributed by atoms with Crippen molar-refractivity contribution in [1.29, 1.82) is 0 Å².